The molecule has 27 heavy (non-hydrogen) atoms. The van der Waals surface area contributed by atoms with Crippen LogP contribution in [0.1, 0.15) is 36.7 Å². The van der Waals surface area contributed by atoms with Crippen LogP contribution in [0.25, 0.3) is 11.5 Å². The Morgan fingerprint density at radius 2 is 1.89 bits per heavy atom. The van der Waals surface area contributed by atoms with Gasteiger partial charge in [-0.05, 0) is 43.7 Å². The summed E-state index contributed by atoms with van der Waals surface area (Å²) in [6, 6.07) is 19.0. The van der Waals surface area contributed by atoms with Crippen molar-refractivity contribution in [3.05, 3.63) is 77.7 Å². The molecule has 1 aromatic heterocycles. The summed E-state index contributed by atoms with van der Waals surface area (Å²) in [6.45, 7) is 4.53. The molecule has 0 fully saturated rings. The van der Waals surface area contributed by atoms with Crippen LogP contribution in [0.2, 0.25) is 0 Å². The fraction of sp³-hybridized carbons (Fsp3) is 0.227. The first-order valence-electron chi connectivity index (χ1n) is 8.91. The number of oxazole rings is 1. The van der Waals surface area contributed by atoms with E-state index < -0.39 is 0 Å². The van der Waals surface area contributed by atoms with Gasteiger partial charge in [0.15, 0.2) is 0 Å². The van der Waals surface area contributed by atoms with Gasteiger partial charge in [-0.2, -0.15) is 5.26 Å². The molecule has 1 atom stereocenters. The van der Waals surface area contributed by atoms with Crippen LogP contribution >= 0.6 is 0 Å². The Morgan fingerprint density at radius 3 is 2.52 bits per heavy atom. The molecule has 1 unspecified atom stereocenters. The number of carbonyl (C=O) groups is 1. The third-order valence-corrected chi connectivity index (χ3v) is 4.56. The molecule has 0 N–H and O–H groups in total. The molecule has 0 aliphatic carbocycles. The van der Waals surface area contributed by atoms with Gasteiger partial charge in [-0.15, -0.1) is 0 Å². The van der Waals surface area contributed by atoms with E-state index in [1.54, 1.807) is 23.3 Å². The predicted molar refractivity (Wildman–Crippen MR) is 103 cm³/mol. The lowest BCUT2D eigenvalue weighted by Gasteiger charge is -2.28. The first kappa shape index (κ1) is 18.4. The summed E-state index contributed by atoms with van der Waals surface area (Å²) in [4.78, 5) is 19.1. The summed E-state index contributed by atoms with van der Waals surface area (Å²) in [5.74, 6) is 0.504. The average Bonchev–Trinajstić information content (AvgIpc) is 3.17. The van der Waals surface area contributed by atoms with Crippen molar-refractivity contribution in [1.29, 1.82) is 5.26 Å². The predicted octanol–water partition coefficient (Wildman–Crippen LogP) is 4.37. The van der Waals surface area contributed by atoms with E-state index in [-0.39, 0.29) is 18.4 Å². The van der Waals surface area contributed by atoms with Gasteiger partial charge in [0.25, 0.3) is 0 Å². The highest BCUT2D eigenvalue weighted by molar-refractivity contribution is 5.79. The van der Waals surface area contributed by atoms with Gasteiger partial charge in [0.2, 0.25) is 11.8 Å². The summed E-state index contributed by atoms with van der Waals surface area (Å²) in [5.41, 5.74) is 3.10. The van der Waals surface area contributed by atoms with Crippen LogP contribution in [-0.2, 0) is 11.2 Å². The molecule has 136 valence electrons. The standard InChI is InChI=1S/C22H21N3O2/c1-3-25(16(2)18-11-9-17(14-23)10-12-18)21(26)13-20-15-27-22(24-20)19-7-5-4-6-8-19/h4-12,15-16H,3,13H2,1-2H3. The number of benzene rings is 2. The van der Waals surface area contributed by atoms with Crippen LogP contribution in [0, 0.1) is 11.3 Å². The van der Waals surface area contributed by atoms with Crippen LogP contribution in [0.4, 0.5) is 0 Å². The second-order valence-corrected chi connectivity index (χ2v) is 6.28. The van der Waals surface area contributed by atoms with Crippen molar-refractivity contribution >= 4 is 5.91 Å². The van der Waals surface area contributed by atoms with E-state index in [0.717, 1.165) is 11.1 Å². The normalized spacial score (nSPS) is 11.6. The van der Waals surface area contributed by atoms with Crippen LogP contribution in [-0.4, -0.2) is 22.3 Å². The van der Waals surface area contributed by atoms with Crippen LogP contribution in [0.5, 0.6) is 0 Å². The van der Waals surface area contributed by atoms with E-state index in [4.69, 9.17) is 9.68 Å². The van der Waals surface area contributed by atoms with E-state index in [2.05, 4.69) is 11.1 Å². The highest BCUT2D eigenvalue weighted by Crippen LogP contribution is 2.23. The molecular formula is C22H21N3O2. The Kier molecular flexibility index (Phi) is 5.68. The van der Waals surface area contributed by atoms with Crippen LogP contribution in [0.3, 0.4) is 0 Å². The van der Waals surface area contributed by atoms with Crippen molar-refractivity contribution in [3.63, 3.8) is 0 Å². The monoisotopic (exact) mass is 359 g/mol. The third-order valence-electron chi connectivity index (χ3n) is 4.56. The van der Waals surface area contributed by atoms with Crippen molar-refractivity contribution in [2.45, 2.75) is 26.3 Å². The van der Waals surface area contributed by atoms with Crippen LogP contribution in [0.15, 0.2) is 65.3 Å². The van der Waals surface area contributed by atoms with E-state index >= 15 is 0 Å². The van der Waals surface area contributed by atoms with Gasteiger partial charge in [-0.1, -0.05) is 30.3 Å². The molecule has 0 aliphatic heterocycles. The Balaban J connectivity index is 1.71. The van der Waals surface area contributed by atoms with E-state index in [1.165, 1.54) is 0 Å². The van der Waals surface area contributed by atoms with Gasteiger partial charge in [0.1, 0.15) is 6.26 Å². The Morgan fingerprint density at radius 1 is 1.19 bits per heavy atom. The minimum atomic E-state index is -0.0873. The molecule has 0 bridgehead atoms. The van der Waals surface area contributed by atoms with Gasteiger partial charge < -0.3 is 9.32 Å². The minimum Gasteiger partial charge on any atom is -0.444 e. The zero-order valence-corrected chi connectivity index (χ0v) is 15.4. The van der Waals surface area contributed by atoms with Gasteiger partial charge in [-0.3, -0.25) is 4.79 Å². The van der Waals surface area contributed by atoms with Crippen molar-refractivity contribution in [1.82, 2.24) is 9.88 Å². The first-order chi connectivity index (χ1) is 13.1. The largest absolute Gasteiger partial charge is 0.444 e. The lowest BCUT2D eigenvalue weighted by Crippen LogP contribution is -2.34. The number of hydrogen-bond donors (Lipinski definition) is 0. The maximum Gasteiger partial charge on any atom is 0.229 e. The number of nitriles is 1. The minimum absolute atomic E-state index is 0.0118. The Labute approximate surface area is 158 Å². The van der Waals surface area contributed by atoms with E-state index in [9.17, 15) is 4.79 Å². The number of hydrogen-bond acceptors (Lipinski definition) is 4. The summed E-state index contributed by atoms with van der Waals surface area (Å²) in [7, 11) is 0. The number of amides is 1. The smallest absolute Gasteiger partial charge is 0.229 e. The molecule has 3 rings (SSSR count). The molecule has 1 heterocycles. The van der Waals surface area contributed by atoms with Crippen molar-refractivity contribution in [2.24, 2.45) is 0 Å². The summed E-state index contributed by atoms with van der Waals surface area (Å²) >= 11 is 0. The molecular weight excluding hydrogens is 338 g/mol. The lowest BCUT2D eigenvalue weighted by molar-refractivity contribution is -0.132. The molecule has 5 heteroatoms. The number of rotatable bonds is 6. The average molecular weight is 359 g/mol. The zero-order valence-electron chi connectivity index (χ0n) is 15.4. The number of likely N-dealkylation sites (N-methyl/N-ethyl adjacent to an activating group) is 1. The maximum absolute atomic E-state index is 12.8. The SMILES string of the molecule is CCN(C(=O)Cc1coc(-c2ccccc2)n1)C(C)c1ccc(C#N)cc1. The molecule has 3 aromatic rings. The molecule has 2 aromatic carbocycles. The van der Waals surface area contributed by atoms with Gasteiger partial charge in [0.05, 0.1) is 29.8 Å². The molecule has 5 nitrogen and oxygen atoms in total. The Hall–Kier alpha value is -3.39. The zero-order chi connectivity index (χ0) is 19.2. The second kappa shape index (κ2) is 8.33. The Bertz CT molecular complexity index is 940. The van der Waals surface area contributed by atoms with E-state index in [0.29, 0.717) is 23.7 Å². The summed E-state index contributed by atoms with van der Waals surface area (Å²) in [6.07, 6.45) is 1.73. The molecule has 0 aliphatic rings. The number of nitrogens with zero attached hydrogens (tertiary/aromatic N) is 3. The van der Waals surface area contributed by atoms with Gasteiger partial charge >= 0.3 is 0 Å². The van der Waals surface area contributed by atoms with Crippen molar-refractivity contribution in [2.75, 3.05) is 6.54 Å². The maximum atomic E-state index is 12.8. The fourth-order valence-corrected chi connectivity index (χ4v) is 3.04. The fourth-order valence-electron chi connectivity index (χ4n) is 3.04. The third kappa shape index (κ3) is 4.24. The number of aromatic nitrogens is 1. The summed E-state index contributed by atoms with van der Waals surface area (Å²) < 4.78 is 5.52. The quantitative estimate of drug-likeness (QED) is 0.655. The molecule has 0 saturated heterocycles. The molecule has 0 saturated carbocycles. The van der Waals surface area contributed by atoms with Crippen molar-refractivity contribution in [3.8, 4) is 17.5 Å². The first-order valence-corrected chi connectivity index (χ1v) is 8.91. The topological polar surface area (TPSA) is 70.1 Å². The van der Waals surface area contributed by atoms with Crippen LogP contribution < -0.4 is 0 Å². The van der Waals surface area contributed by atoms with E-state index in [1.807, 2.05) is 56.3 Å². The van der Waals surface area contributed by atoms with Gasteiger partial charge in [-0.25, -0.2) is 4.98 Å². The molecule has 1 amide bonds. The highest BCUT2D eigenvalue weighted by atomic mass is 16.3. The van der Waals surface area contributed by atoms with Crippen molar-refractivity contribution < 1.29 is 9.21 Å². The summed E-state index contributed by atoms with van der Waals surface area (Å²) in [5, 5.41) is 8.93. The van der Waals surface area contributed by atoms with Gasteiger partial charge in [0, 0.05) is 12.1 Å². The highest BCUT2D eigenvalue weighted by Gasteiger charge is 2.21. The number of carbonyl (C=O) groups excluding carboxylic acids is 1. The lowest BCUT2D eigenvalue weighted by atomic mass is 10.0. The second-order valence-electron chi connectivity index (χ2n) is 6.28. The molecule has 0 spiro atoms. The molecule has 0 radical (unpaired) electrons.